The molecule has 1 saturated heterocycles. The van der Waals surface area contributed by atoms with E-state index in [-0.39, 0.29) is 29.4 Å². The van der Waals surface area contributed by atoms with Gasteiger partial charge in [-0.1, -0.05) is 30.8 Å². The molecule has 2 unspecified atom stereocenters. The third kappa shape index (κ3) is 6.63. The van der Waals surface area contributed by atoms with Crippen LogP contribution < -0.4 is 9.47 Å². The second-order valence-electron chi connectivity index (χ2n) is 9.42. The fraction of sp³-hybridized carbons (Fsp3) is 0.462. The summed E-state index contributed by atoms with van der Waals surface area (Å²) in [5.41, 5.74) is -2.52. The third-order valence-electron chi connectivity index (χ3n) is 6.75. The van der Waals surface area contributed by atoms with Crippen LogP contribution in [0.4, 0.5) is 26.3 Å². The summed E-state index contributed by atoms with van der Waals surface area (Å²) in [5, 5.41) is 0.256. The smallest absolute Gasteiger partial charge is 0.416 e. The largest absolute Gasteiger partial charge is 0.493 e. The van der Waals surface area contributed by atoms with Crippen LogP contribution in [0.15, 0.2) is 41.4 Å². The van der Waals surface area contributed by atoms with Gasteiger partial charge in [0.2, 0.25) is 0 Å². The molecule has 39 heavy (non-hydrogen) atoms. The number of likely N-dealkylation sites (N-methyl/N-ethyl adjacent to an activating group) is 1. The molecule has 212 valence electrons. The van der Waals surface area contributed by atoms with Crippen molar-refractivity contribution < 1.29 is 40.6 Å². The van der Waals surface area contributed by atoms with E-state index in [1.807, 2.05) is 14.0 Å². The Morgan fingerprint density at radius 1 is 1.00 bits per heavy atom. The molecule has 0 spiro atoms. The van der Waals surface area contributed by atoms with Crippen LogP contribution in [0.2, 0.25) is 0 Å². The van der Waals surface area contributed by atoms with Gasteiger partial charge >= 0.3 is 12.4 Å². The van der Waals surface area contributed by atoms with Crippen molar-refractivity contribution in [3.05, 3.63) is 58.7 Å². The summed E-state index contributed by atoms with van der Waals surface area (Å²) in [7, 11) is 3.40. The number of nitrogens with zero attached hydrogens (tertiary/aromatic N) is 3. The number of carbonyl (C=O) groups excluding carboxylic acids is 1. The molecule has 4 rings (SSSR count). The Labute approximate surface area is 226 Å². The molecule has 2 aromatic rings. The maximum atomic E-state index is 13.5. The van der Waals surface area contributed by atoms with E-state index < -0.39 is 40.9 Å². The highest BCUT2D eigenvalue weighted by Crippen LogP contribution is 2.40. The Bertz CT molecular complexity index is 1240. The zero-order valence-corrected chi connectivity index (χ0v) is 22.2. The number of halogens is 6. The molecule has 2 aliphatic heterocycles. The maximum Gasteiger partial charge on any atom is 0.416 e. The molecule has 0 saturated carbocycles. The van der Waals surface area contributed by atoms with E-state index in [0.717, 1.165) is 37.8 Å². The quantitative estimate of drug-likeness (QED) is 0.415. The molecule has 2 heterocycles. The number of carbonyl (C=O) groups is 1. The van der Waals surface area contributed by atoms with Crippen LogP contribution in [0.25, 0.3) is 0 Å². The molecular weight excluding hydrogens is 548 g/mol. The second-order valence-corrected chi connectivity index (χ2v) is 10.5. The van der Waals surface area contributed by atoms with Crippen LogP contribution in [0.5, 0.6) is 11.5 Å². The fourth-order valence-electron chi connectivity index (χ4n) is 4.37. The first-order valence-electron chi connectivity index (χ1n) is 12.1. The van der Waals surface area contributed by atoms with Gasteiger partial charge in [-0.05, 0) is 36.9 Å². The number of rotatable bonds is 6. The highest BCUT2D eigenvalue weighted by molar-refractivity contribution is 8.15. The Morgan fingerprint density at radius 3 is 2.31 bits per heavy atom. The molecule has 0 aromatic heterocycles. The topological polar surface area (TPSA) is 54.4 Å². The van der Waals surface area contributed by atoms with Gasteiger partial charge in [0, 0.05) is 37.7 Å². The van der Waals surface area contributed by atoms with Crippen molar-refractivity contribution in [2.45, 2.75) is 37.1 Å². The van der Waals surface area contributed by atoms with Crippen molar-refractivity contribution >= 4 is 22.8 Å². The van der Waals surface area contributed by atoms with Gasteiger partial charge in [0.1, 0.15) is 11.9 Å². The van der Waals surface area contributed by atoms with Crippen LogP contribution >= 0.6 is 11.8 Å². The van der Waals surface area contributed by atoms with E-state index in [4.69, 9.17) is 9.47 Å². The summed E-state index contributed by atoms with van der Waals surface area (Å²) in [6, 6.07) is 6.25. The van der Waals surface area contributed by atoms with Crippen molar-refractivity contribution in [2.75, 3.05) is 40.3 Å². The van der Waals surface area contributed by atoms with E-state index in [1.54, 1.807) is 12.1 Å². The van der Waals surface area contributed by atoms with Gasteiger partial charge in [0.25, 0.3) is 5.91 Å². The number of amides is 1. The molecule has 2 atom stereocenters. The minimum Gasteiger partial charge on any atom is -0.493 e. The average molecular weight is 576 g/mol. The minimum atomic E-state index is -5.00. The molecule has 1 amide bonds. The van der Waals surface area contributed by atoms with Crippen molar-refractivity contribution in [3.8, 4) is 11.5 Å². The lowest BCUT2D eigenvalue weighted by atomic mass is 9.96. The van der Waals surface area contributed by atoms with Gasteiger partial charge in [-0.15, -0.1) is 0 Å². The molecule has 1 fully saturated rings. The van der Waals surface area contributed by atoms with Crippen molar-refractivity contribution in [1.29, 1.82) is 0 Å². The lowest BCUT2D eigenvalue weighted by molar-refractivity contribution is -0.143. The molecule has 0 bridgehead atoms. The van der Waals surface area contributed by atoms with Crippen molar-refractivity contribution in [2.24, 2.45) is 4.99 Å². The summed E-state index contributed by atoms with van der Waals surface area (Å²) >= 11 is 1.41. The summed E-state index contributed by atoms with van der Waals surface area (Å²) in [6.45, 7) is 4.58. The predicted molar refractivity (Wildman–Crippen MR) is 135 cm³/mol. The summed E-state index contributed by atoms with van der Waals surface area (Å²) < 4.78 is 90.2. The van der Waals surface area contributed by atoms with Gasteiger partial charge in [0.05, 0.1) is 18.2 Å². The monoisotopic (exact) mass is 575 g/mol. The fourth-order valence-corrected chi connectivity index (χ4v) is 5.58. The number of piperazine rings is 1. The number of benzene rings is 2. The van der Waals surface area contributed by atoms with E-state index in [1.165, 1.54) is 24.9 Å². The average Bonchev–Trinajstić information content (AvgIpc) is 3.27. The molecule has 0 N–H and O–H groups in total. The van der Waals surface area contributed by atoms with Gasteiger partial charge in [0.15, 0.2) is 16.7 Å². The number of hydrogen-bond acceptors (Lipinski definition) is 6. The lowest BCUT2D eigenvalue weighted by Crippen LogP contribution is -2.46. The molecule has 0 aliphatic carbocycles. The van der Waals surface area contributed by atoms with Gasteiger partial charge in [-0.25, -0.2) is 0 Å². The Hall–Kier alpha value is -2.93. The number of methoxy groups -OCH3 is 1. The number of aliphatic imine (C=N–C) groups is 1. The maximum absolute atomic E-state index is 13.5. The molecule has 2 aliphatic rings. The highest BCUT2D eigenvalue weighted by atomic mass is 32.2. The second kappa shape index (κ2) is 11.3. The SMILES string of the molecule is COc1cc(C(C)C2SC(N3CCN(C)CC3)=NC2=O)ccc1OCc1ccc(C(F)(F)F)cc1C(F)(F)F. The molecular formula is C26H27F6N3O3S. The zero-order chi connectivity index (χ0) is 28.5. The lowest BCUT2D eigenvalue weighted by Gasteiger charge is -2.33. The standard InChI is InChI=1S/C26H27F6N3O3S/c1-15(22-23(36)33-24(39-22)35-10-8-34(2)9-11-35)16-5-7-20(21(12-16)37-3)38-14-17-4-6-18(25(27,28)29)13-19(17)26(30,31)32/h4-7,12-13,15,22H,8-11,14H2,1-3H3. The van der Waals surface area contributed by atoms with Crippen LogP contribution in [0.3, 0.4) is 0 Å². The van der Waals surface area contributed by atoms with Crippen molar-refractivity contribution in [1.82, 2.24) is 9.80 Å². The first-order valence-corrected chi connectivity index (χ1v) is 13.0. The normalized spacial score (nSPS) is 19.7. The van der Waals surface area contributed by atoms with Crippen LogP contribution in [0.1, 0.15) is 35.1 Å². The van der Waals surface area contributed by atoms with Gasteiger partial charge in [-0.2, -0.15) is 31.3 Å². The summed E-state index contributed by atoms with van der Waals surface area (Å²) in [6.07, 6.45) is -9.91. The van der Waals surface area contributed by atoms with E-state index in [9.17, 15) is 31.1 Å². The first-order chi connectivity index (χ1) is 18.3. The highest BCUT2D eigenvalue weighted by Gasteiger charge is 2.39. The van der Waals surface area contributed by atoms with Gasteiger partial charge < -0.3 is 19.3 Å². The molecule has 2 aromatic carbocycles. The van der Waals surface area contributed by atoms with E-state index in [0.29, 0.717) is 11.2 Å². The molecule has 6 nitrogen and oxygen atoms in total. The van der Waals surface area contributed by atoms with Crippen molar-refractivity contribution in [3.63, 3.8) is 0 Å². The van der Waals surface area contributed by atoms with Crippen LogP contribution in [-0.2, 0) is 23.8 Å². The first kappa shape index (κ1) is 29.1. The molecule has 0 radical (unpaired) electrons. The Kier molecular flexibility index (Phi) is 8.41. The minimum absolute atomic E-state index is 0.0788. The summed E-state index contributed by atoms with van der Waals surface area (Å²) in [4.78, 5) is 21.3. The van der Waals surface area contributed by atoms with Gasteiger partial charge in [-0.3, -0.25) is 4.79 Å². The van der Waals surface area contributed by atoms with Crippen LogP contribution in [-0.4, -0.2) is 66.5 Å². The Morgan fingerprint density at radius 2 is 1.69 bits per heavy atom. The number of ether oxygens (including phenoxy) is 2. The number of alkyl halides is 6. The van der Waals surface area contributed by atoms with E-state index >= 15 is 0 Å². The van der Waals surface area contributed by atoms with E-state index in [2.05, 4.69) is 14.8 Å². The Balaban J connectivity index is 1.47. The molecule has 13 heteroatoms. The third-order valence-corrected chi connectivity index (χ3v) is 8.17. The summed E-state index contributed by atoms with van der Waals surface area (Å²) in [5.74, 6) is -0.162. The number of amidine groups is 1. The van der Waals surface area contributed by atoms with Crippen LogP contribution in [0, 0.1) is 0 Å². The number of thioether (sulfide) groups is 1. The number of hydrogen-bond donors (Lipinski definition) is 0. The zero-order valence-electron chi connectivity index (χ0n) is 21.4. The predicted octanol–water partition coefficient (Wildman–Crippen LogP) is 5.66.